The first kappa shape index (κ1) is 23.2. The van der Waals surface area contributed by atoms with Crippen LogP contribution in [0.1, 0.15) is 44.1 Å². The lowest BCUT2D eigenvalue weighted by Crippen LogP contribution is -2.46. The second-order valence-electron chi connectivity index (χ2n) is 7.76. The van der Waals surface area contributed by atoms with Gasteiger partial charge < -0.3 is 5.32 Å². The van der Waals surface area contributed by atoms with Crippen molar-refractivity contribution in [2.45, 2.75) is 49.5 Å². The number of piperidine rings is 1. The van der Waals surface area contributed by atoms with Gasteiger partial charge in [0.15, 0.2) is 0 Å². The molecule has 1 aromatic rings. The van der Waals surface area contributed by atoms with Gasteiger partial charge in [-0.15, -0.1) is 0 Å². The number of nitrogens with one attached hydrogen (secondary N) is 1. The molecule has 162 valence electrons. The fraction of sp³-hybridized carbons (Fsp3) is 0.650. The van der Waals surface area contributed by atoms with Gasteiger partial charge in [0, 0.05) is 40.7 Å². The zero-order valence-corrected chi connectivity index (χ0v) is 19.6. The summed E-state index contributed by atoms with van der Waals surface area (Å²) < 4.78 is 27.2. The van der Waals surface area contributed by atoms with Crippen LogP contribution in [0.2, 0.25) is 10.0 Å². The van der Waals surface area contributed by atoms with Crippen LogP contribution < -0.4 is 5.32 Å². The monoisotopic (exact) mass is 478 g/mol. The molecule has 1 aromatic carbocycles. The summed E-state index contributed by atoms with van der Waals surface area (Å²) in [5.41, 5.74) is 0.520. The van der Waals surface area contributed by atoms with Gasteiger partial charge in [0.2, 0.25) is 15.9 Å². The Balaban J connectivity index is 1.49. The van der Waals surface area contributed by atoms with E-state index in [0.717, 1.165) is 17.4 Å². The Hall–Kier alpha value is -0.470. The molecule has 5 nitrogen and oxygen atoms in total. The molecule has 1 saturated carbocycles. The summed E-state index contributed by atoms with van der Waals surface area (Å²) in [6.07, 6.45) is 6.60. The van der Waals surface area contributed by atoms with Gasteiger partial charge in [-0.05, 0) is 43.4 Å². The molecular weight excluding hydrogens is 451 g/mol. The predicted molar refractivity (Wildman–Crippen MR) is 121 cm³/mol. The fourth-order valence-corrected chi connectivity index (χ4v) is 7.35. The average molecular weight is 479 g/mol. The molecule has 1 N–H and O–H groups in total. The van der Waals surface area contributed by atoms with Crippen molar-refractivity contribution in [1.29, 1.82) is 0 Å². The van der Waals surface area contributed by atoms with Crippen LogP contribution in [0.3, 0.4) is 0 Å². The summed E-state index contributed by atoms with van der Waals surface area (Å²) in [5, 5.41) is 4.54. The summed E-state index contributed by atoms with van der Waals surface area (Å²) >= 11 is 14.0. The lowest BCUT2D eigenvalue weighted by atomic mass is 9.99. The minimum Gasteiger partial charge on any atom is -0.355 e. The normalized spacial score (nSPS) is 21.4. The number of hydrogen-bond donors (Lipinski definition) is 1. The van der Waals surface area contributed by atoms with Crippen LogP contribution in [-0.2, 0) is 20.6 Å². The van der Waals surface area contributed by atoms with E-state index >= 15 is 0 Å². The van der Waals surface area contributed by atoms with E-state index in [0.29, 0.717) is 35.1 Å². The smallest absolute Gasteiger partial charge is 0.224 e. The molecule has 2 fully saturated rings. The average Bonchev–Trinajstić information content (AvgIpc) is 3.21. The van der Waals surface area contributed by atoms with Gasteiger partial charge in [-0.2, -0.15) is 11.8 Å². The van der Waals surface area contributed by atoms with Crippen LogP contribution in [0.5, 0.6) is 0 Å². The van der Waals surface area contributed by atoms with Crippen molar-refractivity contribution in [2.24, 2.45) is 5.92 Å². The number of hydrogen-bond acceptors (Lipinski definition) is 4. The van der Waals surface area contributed by atoms with Gasteiger partial charge in [-0.1, -0.05) is 42.1 Å². The van der Waals surface area contributed by atoms with Crippen molar-refractivity contribution in [3.8, 4) is 0 Å². The topological polar surface area (TPSA) is 66.5 Å². The third-order valence-corrected chi connectivity index (χ3v) is 9.32. The van der Waals surface area contributed by atoms with Crippen molar-refractivity contribution < 1.29 is 13.2 Å². The summed E-state index contributed by atoms with van der Waals surface area (Å²) in [6, 6.07) is 4.82. The van der Waals surface area contributed by atoms with Crippen LogP contribution in [0, 0.1) is 5.92 Å². The Morgan fingerprint density at radius 3 is 2.66 bits per heavy atom. The maximum atomic E-state index is 12.9. The molecule has 1 saturated heterocycles. The second kappa shape index (κ2) is 10.7. The molecule has 1 atom stereocenters. The van der Waals surface area contributed by atoms with Gasteiger partial charge in [-0.25, -0.2) is 12.7 Å². The zero-order valence-electron chi connectivity index (χ0n) is 16.4. The Kier molecular flexibility index (Phi) is 8.57. The molecule has 0 aromatic heterocycles. The Morgan fingerprint density at radius 1 is 1.17 bits per heavy atom. The maximum Gasteiger partial charge on any atom is 0.224 e. The first-order valence-electron chi connectivity index (χ1n) is 10.2. The molecule has 1 aliphatic carbocycles. The number of amides is 1. The highest BCUT2D eigenvalue weighted by atomic mass is 35.5. The Bertz CT molecular complexity index is 814. The standard InChI is InChI=1S/C20H28Cl2N2O3S2/c21-17-8-7-16(19(22)12-17)14-29(26,27)24-10-3-4-15(13-24)20(25)23-9-11-28-18-5-1-2-6-18/h7-8,12,15,18H,1-6,9-11,13-14H2,(H,23,25)/t15-/m0/s1. The lowest BCUT2D eigenvalue weighted by Gasteiger charge is -2.31. The van der Waals surface area contributed by atoms with E-state index in [2.05, 4.69) is 5.32 Å². The third-order valence-electron chi connectivity index (χ3n) is 5.56. The number of carbonyl (C=O) groups excluding carboxylic acids is 1. The van der Waals surface area contributed by atoms with E-state index in [9.17, 15) is 13.2 Å². The highest BCUT2D eigenvalue weighted by molar-refractivity contribution is 7.99. The summed E-state index contributed by atoms with van der Waals surface area (Å²) in [4.78, 5) is 12.5. The predicted octanol–water partition coefficient (Wildman–Crippen LogP) is 4.33. The fourth-order valence-electron chi connectivity index (χ4n) is 3.93. The number of rotatable bonds is 8. The largest absolute Gasteiger partial charge is 0.355 e. The third kappa shape index (κ3) is 6.76. The minimum atomic E-state index is -3.55. The number of benzene rings is 1. The minimum absolute atomic E-state index is 0.0403. The van der Waals surface area contributed by atoms with Crippen LogP contribution in [0.15, 0.2) is 18.2 Å². The highest BCUT2D eigenvalue weighted by Crippen LogP contribution is 2.29. The van der Waals surface area contributed by atoms with Crippen molar-refractivity contribution in [1.82, 2.24) is 9.62 Å². The molecule has 1 heterocycles. The van der Waals surface area contributed by atoms with Crippen LogP contribution in [0.25, 0.3) is 0 Å². The first-order valence-corrected chi connectivity index (χ1v) is 13.6. The molecule has 9 heteroatoms. The number of carbonyl (C=O) groups is 1. The molecule has 2 aliphatic rings. The van der Waals surface area contributed by atoms with Crippen molar-refractivity contribution in [3.05, 3.63) is 33.8 Å². The molecule has 0 spiro atoms. The molecule has 29 heavy (non-hydrogen) atoms. The molecule has 1 aliphatic heterocycles. The molecular formula is C20H28Cl2N2O3S2. The number of sulfonamides is 1. The molecule has 0 bridgehead atoms. The number of nitrogens with zero attached hydrogens (tertiary/aromatic N) is 1. The van der Waals surface area contributed by atoms with Gasteiger partial charge >= 0.3 is 0 Å². The number of halogens is 2. The van der Waals surface area contributed by atoms with E-state index < -0.39 is 10.0 Å². The second-order valence-corrected chi connectivity index (χ2v) is 12.0. The molecule has 0 radical (unpaired) electrons. The Morgan fingerprint density at radius 2 is 1.93 bits per heavy atom. The van der Waals surface area contributed by atoms with Crippen LogP contribution in [0.4, 0.5) is 0 Å². The van der Waals surface area contributed by atoms with Gasteiger partial charge in [0.1, 0.15) is 0 Å². The first-order chi connectivity index (χ1) is 13.8. The van der Waals surface area contributed by atoms with Crippen molar-refractivity contribution >= 4 is 50.9 Å². The summed E-state index contributed by atoms with van der Waals surface area (Å²) in [6.45, 7) is 1.31. The van der Waals surface area contributed by atoms with Gasteiger partial charge in [0.05, 0.1) is 11.7 Å². The molecule has 3 rings (SSSR count). The molecule has 1 amide bonds. The highest BCUT2D eigenvalue weighted by Gasteiger charge is 2.32. The number of thioether (sulfide) groups is 1. The quantitative estimate of drug-likeness (QED) is 0.564. The summed E-state index contributed by atoms with van der Waals surface area (Å²) in [5.74, 6) is 0.396. The van der Waals surface area contributed by atoms with E-state index in [4.69, 9.17) is 23.2 Å². The van der Waals surface area contributed by atoms with E-state index in [1.165, 1.54) is 30.0 Å². The van der Waals surface area contributed by atoms with E-state index in [1.807, 2.05) is 11.8 Å². The zero-order chi connectivity index (χ0) is 20.9. The Labute approximate surface area is 187 Å². The SMILES string of the molecule is O=C(NCCSC1CCCC1)[C@H]1CCCN(S(=O)(=O)Cc2ccc(Cl)cc2Cl)C1. The summed E-state index contributed by atoms with van der Waals surface area (Å²) in [7, 11) is -3.55. The van der Waals surface area contributed by atoms with E-state index in [1.54, 1.807) is 18.2 Å². The van der Waals surface area contributed by atoms with Gasteiger partial charge in [0.25, 0.3) is 0 Å². The maximum absolute atomic E-state index is 12.9. The van der Waals surface area contributed by atoms with Crippen LogP contribution in [-0.4, -0.2) is 49.3 Å². The van der Waals surface area contributed by atoms with Crippen LogP contribution >= 0.6 is 35.0 Å². The van der Waals surface area contributed by atoms with Gasteiger partial charge in [-0.3, -0.25) is 4.79 Å². The molecule has 0 unspecified atom stereocenters. The van der Waals surface area contributed by atoms with Crippen molar-refractivity contribution in [2.75, 3.05) is 25.4 Å². The van der Waals surface area contributed by atoms with Crippen molar-refractivity contribution in [3.63, 3.8) is 0 Å². The van der Waals surface area contributed by atoms with E-state index in [-0.39, 0.29) is 24.1 Å². The lowest BCUT2D eigenvalue weighted by molar-refractivity contribution is -0.125.